The molecule has 0 aliphatic heterocycles. The highest BCUT2D eigenvalue weighted by atomic mass is 32.1. The van der Waals surface area contributed by atoms with Gasteiger partial charge >= 0.3 is 17.8 Å². The highest BCUT2D eigenvalue weighted by Gasteiger charge is 2.85. The molecule has 4 aromatic rings. The van der Waals surface area contributed by atoms with Crippen molar-refractivity contribution in [3.05, 3.63) is 69.4 Å². The van der Waals surface area contributed by atoms with Crippen molar-refractivity contribution < 1.29 is 26.3 Å². The minimum Gasteiger partial charge on any atom is -0.199 e. The summed E-state index contributed by atoms with van der Waals surface area (Å²) in [6, 6.07) is 13.0. The van der Waals surface area contributed by atoms with E-state index in [-0.39, 0.29) is 11.1 Å². The van der Waals surface area contributed by atoms with Gasteiger partial charge < -0.3 is 0 Å². The van der Waals surface area contributed by atoms with Crippen molar-refractivity contribution in [2.45, 2.75) is 43.5 Å². The molecule has 0 bridgehead atoms. The predicted octanol–water partition coefficient (Wildman–Crippen LogP) is 8.52. The molecule has 1 aliphatic rings. The van der Waals surface area contributed by atoms with Gasteiger partial charge in [0.25, 0.3) is 0 Å². The highest BCUT2D eigenvalue weighted by molar-refractivity contribution is 7.19. The number of halogens is 6. The van der Waals surface area contributed by atoms with Crippen LogP contribution in [0.15, 0.2) is 48.5 Å². The number of rotatable bonds is 2. The van der Waals surface area contributed by atoms with Crippen molar-refractivity contribution in [3.8, 4) is 0 Å². The first kappa shape index (κ1) is 20.8. The van der Waals surface area contributed by atoms with Crippen molar-refractivity contribution in [1.82, 2.24) is 0 Å². The zero-order chi connectivity index (χ0) is 22.3. The molecule has 1 fully saturated rings. The lowest BCUT2D eigenvalue weighted by atomic mass is 9.79. The summed E-state index contributed by atoms with van der Waals surface area (Å²) >= 11 is 2.31. The molecule has 2 heterocycles. The summed E-state index contributed by atoms with van der Waals surface area (Å²) in [5.41, 5.74) is -0.218. The fraction of sp³-hybridized carbons (Fsp3) is 0.304. The lowest BCUT2D eigenvalue weighted by Gasteiger charge is -2.26. The minimum atomic E-state index is -5.49. The van der Waals surface area contributed by atoms with E-state index in [1.54, 1.807) is 36.4 Å². The Morgan fingerprint density at radius 2 is 0.968 bits per heavy atom. The molecule has 162 valence electrons. The standard InChI is InChI=1S/C23H16F6S2/c1-11-17(13-7-3-5-9-15(13)30-11)19-20(22(26,27)23(28,29)21(19,24)25)18-12(2)31-16-10-6-4-8-14(16)18/h3-10,19-20H,1-2H3. The quantitative estimate of drug-likeness (QED) is 0.258. The number of hydrogen-bond acceptors (Lipinski definition) is 2. The van der Waals surface area contributed by atoms with Gasteiger partial charge in [-0.05, 0) is 47.9 Å². The van der Waals surface area contributed by atoms with Crippen LogP contribution in [-0.2, 0) is 0 Å². The third-order valence-corrected chi connectivity index (χ3v) is 8.42. The molecule has 2 aromatic carbocycles. The van der Waals surface area contributed by atoms with Gasteiger partial charge in [-0.15, -0.1) is 22.7 Å². The third-order valence-electron chi connectivity index (χ3n) is 6.21. The molecule has 31 heavy (non-hydrogen) atoms. The van der Waals surface area contributed by atoms with Crippen molar-refractivity contribution in [1.29, 1.82) is 0 Å². The van der Waals surface area contributed by atoms with Gasteiger partial charge in [-0.3, -0.25) is 0 Å². The summed E-state index contributed by atoms with van der Waals surface area (Å²) in [6.45, 7) is 3.06. The first-order valence-electron chi connectivity index (χ1n) is 9.59. The SMILES string of the molecule is Cc1sc2ccccc2c1C1C(c2c(C)sc3ccccc23)C(F)(F)C(F)(F)C1(F)F. The van der Waals surface area contributed by atoms with E-state index in [0.29, 0.717) is 29.9 Å². The second-order valence-corrected chi connectivity index (χ2v) is 10.4. The summed E-state index contributed by atoms with van der Waals surface area (Å²) in [6.07, 6.45) is 0. The topological polar surface area (TPSA) is 0 Å². The number of benzene rings is 2. The molecule has 0 nitrogen and oxygen atoms in total. The van der Waals surface area contributed by atoms with E-state index in [0.717, 1.165) is 22.7 Å². The largest absolute Gasteiger partial charge is 0.373 e. The molecular formula is C23H16F6S2. The van der Waals surface area contributed by atoms with Crippen LogP contribution in [-0.4, -0.2) is 17.8 Å². The molecule has 2 unspecified atom stereocenters. The normalized spacial score (nSPS) is 24.3. The lowest BCUT2D eigenvalue weighted by Crippen LogP contribution is -2.48. The predicted molar refractivity (Wildman–Crippen MR) is 113 cm³/mol. The van der Waals surface area contributed by atoms with Crippen LogP contribution in [0, 0.1) is 13.8 Å². The van der Waals surface area contributed by atoms with Crippen LogP contribution in [0.4, 0.5) is 26.3 Å². The lowest BCUT2D eigenvalue weighted by molar-refractivity contribution is -0.274. The molecular weight excluding hydrogens is 454 g/mol. The minimum absolute atomic E-state index is 0.109. The monoisotopic (exact) mass is 470 g/mol. The van der Waals surface area contributed by atoms with Crippen molar-refractivity contribution in [3.63, 3.8) is 0 Å². The van der Waals surface area contributed by atoms with E-state index < -0.39 is 29.6 Å². The molecule has 0 spiro atoms. The highest BCUT2D eigenvalue weighted by Crippen LogP contribution is 2.70. The maximum atomic E-state index is 15.3. The summed E-state index contributed by atoms with van der Waals surface area (Å²) in [4.78, 5) is 0.697. The Bertz CT molecular complexity index is 1220. The summed E-state index contributed by atoms with van der Waals surface area (Å²) in [5, 5.41) is 0.649. The van der Waals surface area contributed by atoms with Crippen LogP contribution < -0.4 is 0 Å². The van der Waals surface area contributed by atoms with Crippen LogP contribution in [0.3, 0.4) is 0 Å². The van der Waals surface area contributed by atoms with E-state index in [2.05, 4.69) is 0 Å². The molecule has 8 heteroatoms. The molecule has 1 saturated carbocycles. The third kappa shape index (κ3) is 2.55. The Morgan fingerprint density at radius 1 is 0.613 bits per heavy atom. The van der Waals surface area contributed by atoms with Gasteiger partial charge in [0.15, 0.2) is 0 Å². The Morgan fingerprint density at radius 3 is 1.35 bits per heavy atom. The molecule has 2 atom stereocenters. The molecule has 0 N–H and O–H groups in total. The number of alkyl halides is 6. The fourth-order valence-electron chi connectivity index (χ4n) is 4.88. The van der Waals surface area contributed by atoms with E-state index in [1.165, 1.54) is 26.0 Å². The van der Waals surface area contributed by atoms with Crippen molar-refractivity contribution in [2.24, 2.45) is 0 Å². The van der Waals surface area contributed by atoms with Crippen LogP contribution in [0.25, 0.3) is 20.2 Å². The first-order valence-corrected chi connectivity index (χ1v) is 11.2. The zero-order valence-corrected chi connectivity index (χ0v) is 18.0. The summed E-state index contributed by atoms with van der Waals surface area (Å²) in [5.74, 6) is -20.0. The van der Waals surface area contributed by atoms with E-state index in [9.17, 15) is 8.78 Å². The number of aryl methyl sites for hydroxylation is 2. The Hall–Kier alpha value is -2.06. The Balaban J connectivity index is 1.88. The van der Waals surface area contributed by atoms with E-state index in [1.807, 2.05) is 0 Å². The van der Waals surface area contributed by atoms with Crippen LogP contribution in [0.1, 0.15) is 32.7 Å². The van der Waals surface area contributed by atoms with Gasteiger partial charge in [-0.1, -0.05) is 36.4 Å². The van der Waals surface area contributed by atoms with Gasteiger partial charge in [-0.2, -0.15) is 26.3 Å². The maximum Gasteiger partial charge on any atom is 0.373 e. The molecule has 1 aliphatic carbocycles. The second kappa shape index (κ2) is 6.48. The molecule has 0 saturated heterocycles. The molecule has 0 amide bonds. The Kier molecular flexibility index (Phi) is 4.35. The smallest absolute Gasteiger partial charge is 0.199 e. The number of hydrogen-bond donors (Lipinski definition) is 0. The van der Waals surface area contributed by atoms with Crippen LogP contribution in [0.5, 0.6) is 0 Å². The maximum absolute atomic E-state index is 15.3. The second-order valence-electron chi connectivity index (χ2n) is 7.91. The first-order chi connectivity index (χ1) is 14.5. The van der Waals surface area contributed by atoms with Crippen LogP contribution >= 0.6 is 22.7 Å². The fourth-order valence-corrected chi connectivity index (χ4v) is 7.10. The Labute approximate surface area is 182 Å². The van der Waals surface area contributed by atoms with Gasteiger partial charge in [0.05, 0.1) is 11.8 Å². The van der Waals surface area contributed by atoms with Crippen molar-refractivity contribution >= 4 is 42.8 Å². The van der Waals surface area contributed by atoms with Crippen molar-refractivity contribution in [2.75, 3.05) is 0 Å². The zero-order valence-electron chi connectivity index (χ0n) is 16.4. The van der Waals surface area contributed by atoms with Gasteiger partial charge in [-0.25, -0.2) is 0 Å². The number of fused-ring (bicyclic) bond motifs is 2. The van der Waals surface area contributed by atoms with E-state index in [4.69, 9.17) is 0 Å². The summed E-state index contributed by atoms with van der Waals surface area (Å²) < 4.78 is 91.9. The van der Waals surface area contributed by atoms with Gasteiger partial charge in [0.2, 0.25) is 0 Å². The summed E-state index contributed by atoms with van der Waals surface area (Å²) in [7, 11) is 0. The average Bonchev–Trinajstić information content (AvgIpc) is 3.23. The van der Waals surface area contributed by atoms with Gasteiger partial charge in [0, 0.05) is 19.2 Å². The number of thiophene rings is 2. The average molecular weight is 471 g/mol. The van der Waals surface area contributed by atoms with Gasteiger partial charge in [0.1, 0.15) is 0 Å². The molecule has 2 aromatic heterocycles. The van der Waals surface area contributed by atoms with E-state index >= 15 is 17.6 Å². The van der Waals surface area contributed by atoms with Crippen LogP contribution in [0.2, 0.25) is 0 Å². The molecule has 5 rings (SSSR count). The molecule has 0 radical (unpaired) electrons.